The zero-order valence-corrected chi connectivity index (χ0v) is 22.0. The number of hydrogen-bond acceptors (Lipinski definition) is 7. The van der Waals surface area contributed by atoms with E-state index in [-0.39, 0.29) is 11.5 Å². The number of halogens is 1. The number of aromatic nitrogens is 1. The molecular formula is C28H18BrN3O2S2. The molecule has 0 aliphatic heterocycles. The minimum absolute atomic E-state index is 0.0153. The highest BCUT2D eigenvalue weighted by Crippen LogP contribution is 2.35. The van der Waals surface area contributed by atoms with Crippen LogP contribution in [0.2, 0.25) is 0 Å². The second-order valence-electron chi connectivity index (χ2n) is 7.72. The molecule has 5 rings (SSSR count). The van der Waals surface area contributed by atoms with E-state index in [1.807, 2.05) is 78.2 Å². The van der Waals surface area contributed by atoms with Crippen LogP contribution >= 0.6 is 39.0 Å². The Bertz CT molecular complexity index is 1600. The number of ketones is 1. The molecule has 0 saturated carbocycles. The van der Waals surface area contributed by atoms with Crippen LogP contribution in [0, 0.1) is 11.3 Å². The van der Waals surface area contributed by atoms with Crippen LogP contribution in [0.3, 0.4) is 0 Å². The maximum absolute atomic E-state index is 12.8. The molecule has 3 aromatic carbocycles. The van der Waals surface area contributed by atoms with Crippen LogP contribution in [0.1, 0.15) is 15.4 Å². The molecule has 0 spiro atoms. The number of fused-ring (bicyclic) bond motifs is 1. The third-order valence-corrected chi connectivity index (χ3v) is 7.62. The molecule has 2 heterocycles. The van der Waals surface area contributed by atoms with E-state index in [1.54, 1.807) is 12.1 Å². The van der Waals surface area contributed by atoms with Gasteiger partial charge in [0.25, 0.3) is 0 Å². The van der Waals surface area contributed by atoms with Gasteiger partial charge < -0.3 is 9.73 Å². The number of carbonyl (C=O) groups excluding carboxylic acids is 1. The Labute approximate surface area is 224 Å². The molecule has 8 heteroatoms. The summed E-state index contributed by atoms with van der Waals surface area (Å²) in [4.78, 5) is 17.5. The molecule has 2 aromatic heterocycles. The van der Waals surface area contributed by atoms with E-state index in [0.29, 0.717) is 32.6 Å². The third kappa shape index (κ3) is 5.44. The maximum atomic E-state index is 12.8. The molecule has 1 N–H and O–H groups in total. The highest BCUT2D eigenvalue weighted by Gasteiger charge is 2.18. The quantitative estimate of drug-likeness (QED) is 0.149. The van der Waals surface area contributed by atoms with Crippen molar-refractivity contribution >= 4 is 67.0 Å². The van der Waals surface area contributed by atoms with Gasteiger partial charge in [0.05, 0.1) is 10.8 Å². The van der Waals surface area contributed by atoms with Crippen LogP contribution in [0.25, 0.3) is 28.0 Å². The topological polar surface area (TPSA) is 78.9 Å². The lowest BCUT2D eigenvalue weighted by molar-refractivity contribution is 0.102. The summed E-state index contributed by atoms with van der Waals surface area (Å²) in [6.07, 6.45) is 0. The number of nitrogens with zero attached hydrogens (tertiary/aromatic N) is 2. The molecule has 176 valence electrons. The predicted molar refractivity (Wildman–Crippen MR) is 151 cm³/mol. The Morgan fingerprint density at radius 2 is 1.81 bits per heavy atom. The largest absolute Gasteiger partial charge is 0.454 e. The summed E-state index contributed by atoms with van der Waals surface area (Å²) in [6.45, 7) is 0. The summed E-state index contributed by atoms with van der Waals surface area (Å²) in [5, 5.41) is 17.4. The number of hydrogen-bond donors (Lipinski definition) is 1. The fraction of sp³-hybridized carbons (Fsp3) is 0.0357. The Kier molecular flexibility index (Phi) is 7.33. The lowest BCUT2D eigenvalue weighted by Gasteiger charge is -2.12. The number of carbonyl (C=O) groups is 1. The molecular weight excluding hydrogens is 554 g/mol. The van der Waals surface area contributed by atoms with E-state index in [4.69, 9.17) is 9.40 Å². The molecule has 0 unspecified atom stereocenters. The van der Waals surface area contributed by atoms with Crippen LogP contribution in [0.5, 0.6) is 0 Å². The molecule has 0 radical (unpaired) electrons. The van der Waals surface area contributed by atoms with Crippen LogP contribution in [0.15, 0.2) is 104 Å². The fourth-order valence-electron chi connectivity index (χ4n) is 3.51. The number of allylic oxidation sites excluding steroid dienone is 1. The minimum atomic E-state index is -0.0153. The van der Waals surface area contributed by atoms with Gasteiger partial charge >= 0.3 is 0 Å². The van der Waals surface area contributed by atoms with Crippen LogP contribution in [0.4, 0.5) is 5.69 Å². The maximum Gasteiger partial charge on any atom is 0.173 e. The number of thioether (sulfide) groups is 1. The fourth-order valence-corrected chi connectivity index (χ4v) is 5.68. The number of rotatable bonds is 8. The Morgan fingerprint density at radius 3 is 2.56 bits per heavy atom. The number of Topliss-reactive ketones (excluding diaryl/α,β-unsaturated/α-hetero) is 1. The lowest BCUT2D eigenvalue weighted by Crippen LogP contribution is -2.06. The van der Waals surface area contributed by atoms with E-state index in [0.717, 1.165) is 21.1 Å². The highest BCUT2D eigenvalue weighted by atomic mass is 79.9. The number of nitrogens with one attached hydrogen (secondary N) is 1. The average molecular weight is 573 g/mol. The number of furan rings is 1. The summed E-state index contributed by atoms with van der Waals surface area (Å²) in [5.74, 6) is 0.798. The van der Waals surface area contributed by atoms with Crippen molar-refractivity contribution in [1.29, 1.82) is 5.26 Å². The molecule has 0 amide bonds. The summed E-state index contributed by atoms with van der Waals surface area (Å²) < 4.78 is 6.95. The summed E-state index contributed by atoms with van der Waals surface area (Å²) in [6, 6.07) is 28.7. The average Bonchev–Trinajstić information content (AvgIpc) is 3.56. The van der Waals surface area contributed by atoms with E-state index < -0.39 is 0 Å². The summed E-state index contributed by atoms with van der Waals surface area (Å²) >= 11 is 6.14. The molecule has 36 heavy (non-hydrogen) atoms. The van der Waals surface area contributed by atoms with Crippen molar-refractivity contribution in [2.75, 3.05) is 11.1 Å². The van der Waals surface area contributed by atoms with Crippen molar-refractivity contribution < 1.29 is 9.21 Å². The Hall–Kier alpha value is -3.64. The van der Waals surface area contributed by atoms with Gasteiger partial charge in [0.15, 0.2) is 11.5 Å². The van der Waals surface area contributed by atoms with Crippen molar-refractivity contribution in [3.05, 3.63) is 110 Å². The second kappa shape index (κ2) is 11.0. The van der Waals surface area contributed by atoms with Gasteiger partial charge in [-0.1, -0.05) is 76.2 Å². The SMILES string of the molecule is N#C/C(=C(/Nc1ccccc1)SCC(=O)c1ccccc1)c1nc(-c2cc3cc(Br)ccc3o2)cs1. The summed E-state index contributed by atoms with van der Waals surface area (Å²) in [5.41, 5.74) is 3.25. The van der Waals surface area contributed by atoms with Gasteiger partial charge in [-0.05, 0) is 36.4 Å². The zero-order chi connectivity index (χ0) is 24.9. The van der Waals surface area contributed by atoms with E-state index in [9.17, 15) is 10.1 Å². The minimum Gasteiger partial charge on any atom is -0.454 e. The van der Waals surface area contributed by atoms with Crippen LogP contribution in [-0.4, -0.2) is 16.5 Å². The van der Waals surface area contributed by atoms with Gasteiger partial charge in [-0.25, -0.2) is 4.98 Å². The van der Waals surface area contributed by atoms with E-state index in [2.05, 4.69) is 27.3 Å². The van der Waals surface area contributed by atoms with Gasteiger partial charge in [-0.2, -0.15) is 5.26 Å². The van der Waals surface area contributed by atoms with Crippen molar-refractivity contribution in [2.24, 2.45) is 0 Å². The number of para-hydroxylation sites is 1. The standard InChI is InChI=1S/C28H18BrN3O2S2/c29-20-11-12-25-19(13-20)14-26(34-25)23-16-35-28(32-23)22(15-30)27(31-21-9-5-2-6-10-21)36-17-24(33)18-7-3-1-4-8-18/h1-14,16,31H,17H2/b27-22+. The second-order valence-corrected chi connectivity index (χ2v) is 10.5. The number of anilines is 1. The third-order valence-electron chi connectivity index (χ3n) is 5.26. The molecule has 0 aliphatic carbocycles. The molecule has 0 bridgehead atoms. The van der Waals surface area contributed by atoms with Gasteiger partial charge in [0.1, 0.15) is 27.9 Å². The van der Waals surface area contributed by atoms with Gasteiger partial charge in [-0.15, -0.1) is 11.3 Å². The predicted octanol–water partition coefficient (Wildman–Crippen LogP) is 8.24. The Morgan fingerprint density at radius 1 is 1.06 bits per heavy atom. The summed E-state index contributed by atoms with van der Waals surface area (Å²) in [7, 11) is 0. The first kappa shape index (κ1) is 24.1. The van der Waals surface area contributed by atoms with Crippen molar-refractivity contribution in [3.63, 3.8) is 0 Å². The first-order valence-corrected chi connectivity index (χ1v) is 13.6. The van der Waals surface area contributed by atoms with Gasteiger partial charge in [0, 0.05) is 26.5 Å². The van der Waals surface area contributed by atoms with Crippen molar-refractivity contribution in [3.8, 4) is 17.5 Å². The lowest BCUT2D eigenvalue weighted by atomic mass is 10.2. The van der Waals surface area contributed by atoms with Crippen LogP contribution < -0.4 is 5.32 Å². The number of thiazole rings is 1. The molecule has 5 nitrogen and oxygen atoms in total. The normalized spacial score (nSPS) is 11.7. The number of benzene rings is 3. The van der Waals surface area contributed by atoms with Crippen molar-refractivity contribution in [1.82, 2.24) is 4.98 Å². The molecule has 0 aliphatic rings. The number of nitriles is 1. The molecule has 0 saturated heterocycles. The van der Waals surface area contributed by atoms with Crippen molar-refractivity contribution in [2.45, 2.75) is 0 Å². The van der Waals surface area contributed by atoms with Gasteiger partial charge in [0.2, 0.25) is 0 Å². The highest BCUT2D eigenvalue weighted by molar-refractivity contribution is 9.10. The smallest absolute Gasteiger partial charge is 0.173 e. The van der Waals surface area contributed by atoms with E-state index >= 15 is 0 Å². The molecule has 0 atom stereocenters. The zero-order valence-electron chi connectivity index (χ0n) is 18.8. The first-order chi connectivity index (χ1) is 17.6. The molecule has 5 aromatic rings. The molecule has 0 fully saturated rings. The van der Waals surface area contributed by atoms with Gasteiger partial charge in [-0.3, -0.25) is 4.79 Å². The monoisotopic (exact) mass is 571 g/mol. The van der Waals surface area contributed by atoms with E-state index in [1.165, 1.54) is 23.1 Å². The Balaban J connectivity index is 1.47. The van der Waals surface area contributed by atoms with Crippen LogP contribution in [-0.2, 0) is 0 Å². The first-order valence-electron chi connectivity index (χ1n) is 10.9.